The Morgan fingerprint density at radius 1 is 1.21 bits per heavy atom. The Kier molecular flexibility index (Phi) is 4.91. The van der Waals surface area contributed by atoms with Crippen LogP contribution in [-0.2, 0) is 26.8 Å². The molecule has 1 N–H and O–H groups in total. The molecular formula is C22H26N2O4S. The first-order valence-electron chi connectivity index (χ1n) is 9.80. The number of methoxy groups -OCH3 is 1. The lowest BCUT2D eigenvalue weighted by Gasteiger charge is -2.20. The molecule has 0 unspecified atom stereocenters. The van der Waals surface area contributed by atoms with E-state index >= 15 is 0 Å². The number of hydrogen-bond donors (Lipinski definition) is 1. The predicted molar refractivity (Wildman–Crippen MR) is 112 cm³/mol. The van der Waals surface area contributed by atoms with Crippen molar-refractivity contribution in [3.05, 3.63) is 53.6 Å². The fourth-order valence-corrected chi connectivity index (χ4v) is 4.86. The molecule has 2 aliphatic rings. The predicted octanol–water partition coefficient (Wildman–Crippen LogP) is 3.21. The zero-order valence-electron chi connectivity index (χ0n) is 16.9. The van der Waals surface area contributed by atoms with Crippen LogP contribution in [0.3, 0.4) is 0 Å². The Morgan fingerprint density at radius 3 is 2.66 bits per heavy atom. The zero-order chi connectivity index (χ0) is 20.8. The SMILES string of the molecule is COc1cccc(CNS(=O)(=O)c2ccc3c(c2)C(C)(C)CN3C(=O)C2CC2)c1. The molecule has 0 bridgehead atoms. The van der Waals surface area contributed by atoms with E-state index in [0.29, 0.717) is 12.3 Å². The van der Waals surface area contributed by atoms with Crippen molar-refractivity contribution in [1.29, 1.82) is 0 Å². The van der Waals surface area contributed by atoms with E-state index in [2.05, 4.69) is 4.72 Å². The van der Waals surface area contributed by atoms with E-state index in [1.807, 2.05) is 36.9 Å². The Labute approximate surface area is 171 Å². The maximum absolute atomic E-state index is 12.9. The van der Waals surface area contributed by atoms with Crippen molar-refractivity contribution in [3.63, 3.8) is 0 Å². The Bertz CT molecular complexity index is 1060. The van der Waals surface area contributed by atoms with Gasteiger partial charge in [0.2, 0.25) is 15.9 Å². The highest BCUT2D eigenvalue weighted by atomic mass is 32.2. The van der Waals surface area contributed by atoms with E-state index in [9.17, 15) is 13.2 Å². The number of sulfonamides is 1. The molecule has 1 fully saturated rings. The Morgan fingerprint density at radius 2 is 1.97 bits per heavy atom. The minimum Gasteiger partial charge on any atom is -0.497 e. The van der Waals surface area contributed by atoms with Gasteiger partial charge in [0.25, 0.3) is 0 Å². The van der Waals surface area contributed by atoms with E-state index in [-0.39, 0.29) is 28.7 Å². The molecule has 6 nitrogen and oxygen atoms in total. The number of nitrogens with one attached hydrogen (secondary N) is 1. The number of nitrogens with zero attached hydrogens (tertiary/aromatic N) is 1. The van der Waals surface area contributed by atoms with Crippen molar-refractivity contribution < 1.29 is 17.9 Å². The van der Waals surface area contributed by atoms with Gasteiger partial charge in [-0.25, -0.2) is 13.1 Å². The fourth-order valence-electron chi connectivity index (χ4n) is 3.82. The Hall–Kier alpha value is -2.38. The molecule has 154 valence electrons. The van der Waals surface area contributed by atoms with Gasteiger partial charge in [-0.3, -0.25) is 4.79 Å². The molecule has 2 aromatic rings. The van der Waals surface area contributed by atoms with E-state index in [1.165, 1.54) is 0 Å². The second-order valence-corrected chi connectivity index (χ2v) is 10.2. The van der Waals surface area contributed by atoms with Crippen LogP contribution in [0.4, 0.5) is 5.69 Å². The van der Waals surface area contributed by atoms with Gasteiger partial charge in [-0.1, -0.05) is 26.0 Å². The lowest BCUT2D eigenvalue weighted by molar-refractivity contribution is -0.119. The summed E-state index contributed by atoms with van der Waals surface area (Å²) in [5.41, 5.74) is 2.25. The second-order valence-electron chi connectivity index (χ2n) is 8.44. The van der Waals surface area contributed by atoms with Gasteiger partial charge in [0.15, 0.2) is 0 Å². The largest absolute Gasteiger partial charge is 0.497 e. The molecule has 0 spiro atoms. The summed E-state index contributed by atoms with van der Waals surface area (Å²) in [4.78, 5) is 14.7. The van der Waals surface area contributed by atoms with Gasteiger partial charge in [0.05, 0.1) is 12.0 Å². The summed E-state index contributed by atoms with van der Waals surface area (Å²) in [5.74, 6) is 0.967. The van der Waals surface area contributed by atoms with Crippen LogP contribution in [0.15, 0.2) is 47.4 Å². The number of carbonyl (C=O) groups excluding carboxylic acids is 1. The quantitative estimate of drug-likeness (QED) is 0.788. The van der Waals surface area contributed by atoms with Crippen LogP contribution in [0.5, 0.6) is 5.75 Å². The van der Waals surface area contributed by atoms with Crippen LogP contribution >= 0.6 is 0 Å². The van der Waals surface area contributed by atoms with Gasteiger partial charge < -0.3 is 9.64 Å². The fraction of sp³-hybridized carbons (Fsp3) is 0.409. The van der Waals surface area contributed by atoms with Gasteiger partial charge >= 0.3 is 0 Å². The number of benzene rings is 2. The first-order valence-corrected chi connectivity index (χ1v) is 11.3. The van der Waals surface area contributed by atoms with Crippen LogP contribution < -0.4 is 14.4 Å². The zero-order valence-corrected chi connectivity index (χ0v) is 17.8. The normalized spacial score (nSPS) is 17.8. The van der Waals surface area contributed by atoms with Gasteiger partial charge in [0, 0.05) is 30.1 Å². The van der Waals surface area contributed by atoms with Crippen LogP contribution in [0.25, 0.3) is 0 Å². The van der Waals surface area contributed by atoms with E-state index in [1.54, 1.807) is 31.4 Å². The third-order valence-corrected chi connectivity index (χ3v) is 7.04. The number of hydrogen-bond acceptors (Lipinski definition) is 4. The second kappa shape index (κ2) is 7.15. The minimum atomic E-state index is -3.69. The molecule has 1 amide bonds. The first-order chi connectivity index (χ1) is 13.7. The number of anilines is 1. The molecule has 1 heterocycles. The number of amides is 1. The lowest BCUT2D eigenvalue weighted by atomic mass is 9.87. The maximum atomic E-state index is 12.9. The van der Waals surface area contributed by atoms with Crippen LogP contribution in [-0.4, -0.2) is 28.0 Å². The van der Waals surface area contributed by atoms with Crippen molar-refractivity contribution in [2.24, 2.45) is 5.92 Å². The lowest BCUT2D eigenvalue weighted by Crippen LogP contribution is -2.34. The number of rotatable bonds is 6. The van der Waals surface area contributed by atoms with Gasteiger partial charge in [0.1, 0.15) is 5.75 Å². The van der Waals surface area contributed by atoms with Crippen molar-refractivity contribution in [3.8, 4) is 5.75 Å². The highest BCUT2D eigenvalue weighted by molar-refractivity contribution is 7.89. The van der Waals surface area contributed by atoms with Crippen LogP contribution in [0.1, 0.15) is 37.8 Å². The number of fused-ring (bicyclic) bond motifs is 1. The molecule has 1 aliphatic carbocycles. The monoisotopic (exact) mass is 414 g/mol. The summed E-state index contributed by atoms with van der Waals surface area (Å²) in [5, 5.41) is 0. The third-order valence-electron chi connectivity index (χ3n) is 5.64. The molecule has 2 aromatic carbocycles. The van der Waals surface area contributed by atoms with Crippen molar-refractivity contribution in [2.75, 3.05) is 18.6 Å². The summed E-state index contributed by atoms with van der Waals surface area (Å²) < 4.78 is 33.6. The number of carbonyl (C=O) groups is 1. The summed E-state index contributed by atoms with van der Waals surface area (Å²) in [6.07, 6.45) is 1.90. The summed E-state index contributed by atoms with van der Waals surface area (Å²) in [6.45, 7) is 4.85. The number of ether oxygens (including phenoxy) is 1. The summed E-state index contributed by atoms with van der Waals surface area (Å²) in [6, 6.07) is 12.4. The molecule has 29 heavy (non-hydrogen) atoms. The molecule has 7 heteroatoms. The van der Waals surface area contributed by atoms with Crippen molar-refractivity contribution >= 4 is 21.6 Å². The van der Waals surface area contributed by atoms with Crippen LogP contribution in [0, 0.1) is 5.92 Å². The highest BCUT2D eigenvalue weighted by Gasteiger charge is 2.43. The highest BCUT2D eigenvalue weighted by Crippen LogP contribution is 2.44. The molecule has 0 radical (unpaired) electrons. The summed E-state index contributed by atoms with van der Waals surface area (Å²) >= 11 is 0. The standard InChI is InChI=1S/C22H26N2O4S/c1-22(2)14-24(21(25)16-7-8-16)20-10-9-18(12-19(20)22)29(26,27)23-13-15-5-4-6-17(11-15)28-3/h4-6,9-12,16,23H,7-8,13-14H2,1-3H3. The molecule has 0 aromatic heterocycles. The topological polar surface area (TPSA) is 75.7 Å². The molecule has 1 aliphatic heterocycles. The summed E-state index contributed by atoms with van der Waals surface area (Å²) in [7, 11) is -2.11. The van der Waals surface area contributed by atoms with E-state index in [4.69, 9.17) is 4.74 Å². The smallest absolute Gasteiger partial charge is 0.240 e. The van der Waals surface area contributed by atoms with E-state index in [0.717, 1.165) is 29.7 Å². The molecular weight excluding hydrogens is 388 g/mol. The maximum Gasteiger partial charge on any atom is 0.240 e. The molecule has 0 atom stereocenters. The molecule has 0 saturated heterocycles. The molecule has 1 saturated carbocycles. The average molecular weight is 415 g/mol. The first kappa shape index (κ1) is 19.9. The van der Waals surface area contributed by atoms with Gasteiger partial charge in [-0.2, -0.15) is 0 Å². The van der Waals surface area contributed by atoms with Gasteiger partial charge in [-0.15, -0.1) is 0 Å². The third kappa shape index (κ3) is 3.89. The van der Waals surface area contributed by atoms with Crippen molar-refractivity contribution in [1.82, 2.24) is 4.72 Å². The van der Waals surface area contributed by atoms with Crippen LogP contribution in [0.2, 0.25) is 0 Å². The Balaban J connectivity index is 1.58. The van der Waals surface area contributed by atoms with Crippen molar-refractivity contribution in [2.45, 2.75) is 43.5 Å². The average Bonchev–Trinajstić information content (AvgIpc) is 3.51. The molecule has 4 rings (SSSR count). The van der Waals surface area contributed by atoms with Gasteiger partial charge in [-0.05, 0) is 54.3 Å². The van der Waals surface area contributed by atoms with E-state index < -0.39 is 10.0 Å². The minimum absolute atomic E-state index is 0.129.